The summed E-state index contributed by atoms with van der Waals surface area (Å²) in [4.78, 5) is 0. The lowest BCUT2D eigenvalue weighted by Gasteiger charge is -2.15. The minimum atomic E-state index is -0.127. The van der Waals surface area contributed by atoms with Gasteiger partial charge in [0, 0.05) is 6.54 Å². The Morgan fingerprint density at radius 3 is 2.50 bits per heavy atom. The van der Waals surface area contributed by atoms with Gasteiger partial charge < -0.3 is 5.73 Å². The molecule has 0 spiro atoms. The summed E-state index contributed by atoms with van der Waals surface area (Å²) in [6.07, 6.45) is 3.48. The molecule has 0 aliphatic rings. The van der Waals surface area contributed by atoms with Crippen molar-refractivity contribution in [2.24, 2.45) is 5.73 Å². The Bertz CT molecular complexity index is 569. The molecule has 2 aromatic rings. The molecule has 108 valence electrons. The van der Waals surface area contributed by atoms with E-state index < -0.39 is 0 Å². The van der Waals surface area contributed by atoms with E-state index >= 15 is 0 Å². The van der Waals surface area contributed by atoms with Gasteiger partial charge in [-0.05, 0) is 32.3 Å². The summed E-state index contributed by atoms with van der Waals surface area (Å²) in [5, 5.41) is 4.97. The average molecular weight is 292 g/mol. The van der Waals surface area contributed by atoms with Crippen LogP contribution in [0.1, 0.15) is 41.8 Å². The van der Waals surface area contributed by atoms with E-state index in [1.807, 2.05) is 4.68 Å². The van der Waals surface area contributed by atoms with Gasteiger partial charge in [0.25, 0.3) is 0 Å². The normalized spacial score (nSPS) is 12.7. The van der Waals surface area contributed by atoms with Gasteiger partial charge in [-0.25, -0.2) is 0 Å². The predicted octanol–water partition coefficient (Wildman–Crippen LogP) is 3.81. The maximum atomic E-state index is 6.36. The van der Waals surface area contributed by atoms with Crippen LogP contribution in [0.3, 0.4) is 0 Å². The molecule has 0 aliphatic carbocycles. The lowest BCUT2D eigenvalue weighted by molar-refractivity contribution is 0.538. The van der Waals surface area contributed by atoms with E-state index in [2.05, 4.69) is 44.1 Å². The molecule has 0 fully saturated rings. The highest BCUT2D eigenvalue weighted by Gasteiger charge is 2.17. The highest BCUT2D eigenvalue weighted by atomic mass is 35.5. The summed E-state index contributed by atoms with van der Waals surface area (Å²) in [5.74, 6) is 0. The van der Waals surface area contributed by atoms with E-state index in [4.69, 9.17) is 17.3 Å². The fourth-order valence-corrected chi connectivity index (χ4v) is 2.95. The van der Waals surface area contributed by atoms with E-state index in [9.17, 15) is 0 Å². The van der Waals surface area contributed by atoms with Crippen LogP contribution in [0.15, 0.2) is 24.4 Å². The molecule has 0 aliphatic heterocycles. The SMILES string of the molecule is CCCn1ncc(Cl)c1C(N)Cc1cc(C)cc(C)c1. The molecule has 1 heterocycles. The number of benzene rings is 1. The van der Waals surface area contributed by atoms with E-state index in [0.717, 1.165) is 25.1 Å². The summed E-state index contributed by atoms with van der Waals surface area (Å²) in [5.41, 5.74) is 11.1. The molecule has 0 radical (unpaired) electrons. The Balaban J connectivity index is 2.23. The predicted molar refractivity (Wildman–Crippen MR) is 84.1 cm³/mol. The van der Waals surface area contributed by atoms with Crippen molar-refractivity contribution in [2.75, 3.05) is 0 Å². The first-order valence-corrected chi connectivity index (χ1v) is 7.43. The van der Waals surface area contributed by atoms with Crippen LogP contribution < -0.4 is 5.73 Å². The molecule has 3 nitrogen and oxygen atoms in total. The average Bonchev–Trinajstić information content (AvgIpc) is 2.69. The zero-order chi connectivity index (χ0) is 14.7. The van der Waals surface area contributed by atoms with Crippen molar-refractivity contribution >= 4 is 11.6 Å². The highest BCUT2D eigenvalue weighted by molar-refractivity contribution is 6.31. The summed E-state index contributed by atoms with van der Waals surface area (Å²) >= 11 is 6.24. The highest BCUT2D eigenvalue weighted by Crippen LogP contribution is 2.25. The van der Waals surface area contributed by atoms with Gasteiger partial charge in [-0.15, -0.1) is 0 Å². The second-order valence-electron chi connectivity index (χ2n) is 5.41. The van der Waals surface area contributed by atoms with E-state index in [1.165, 1.54) is 16.7 Å². The quantitative estimate of drug-likeness (QED) is 0.910. The summed E-state index contributed by atoms with van der Waals surface area (Å²) in [6.45, 7) is 7.18. The van der Waals surface area contributed by atoms with Crippen molar-refractivity contribution in [2.45, 2.75) is 46.2 Å². The maximum absolute atomic E-state index is 6.36. The van der Waals surface area contributed by atoms with Gasteiger partial charge in [0.05, 0.1) is 23.0 Å². The van der Waals surface area contributed by atoms with Gasteiger partial charge in [-0.2, -0.15) is 5.10 Å². The van der Waals surface area contributed by atoms with Crippen LogP contribution in [0, 0.1) is 13.8 Å². The van der Waals surface area contributed by atoms with Crippen LogP contribution in [-0.2, 0) is 13.0 Å². The number of halogens is 1. The first-order chi connectivity index (χ1) is 9.51. The van der Waals surface area contributed by atoms with Crippen molar-refractivity contribution in [3.05, 3.63) is 51.8 Å². The van der Waals surface area contributed by atoms with Gasteiger partial charge in [0.2, 0.25) is 0 Å². The number of nitrogens with two attached hydrogens (primary N) is 1. The Morgan fingerprint density at radius 2 is 1.90 bits per heavy atom. The first kappa shape index (κ1) is 15.1. The van der Waals surface area contributed by atoms with Gasteiger partial charge in [-0.3, -0.25) is 4.68 Å². The summed E-state index contributed by atoms with van der Waals surface area (Å²) in [6, 6.07) is 6.41. The second kappa shape index (κ2) is 6.42. The molecule has 1 unspecified atom stereocenters. The Labute approximate surface area is 125 Å². The van der Waals surface area contributed by atoms with Crippen LogP contribution >= 0.6 is 11.6 Å². The van der Waals surface area contributed by atoms with Gasteiger partial charge in [0.15, 0.2) is 0 Å². The summed E-state index contributed by atoms with van der Waals surface area (Å²) in [7, 11) is 0. The maximum Gasteiger partial charge on any atom is 0.0834 e. The largest absolute Gasteiger partial charge is 0.322 e. The van der Waals surface area contributed by atoms with Crippen molar-refractivity contribution in [1.29, 1.82) is 0 Å². The third-order valence-corrected chi connectivity index (χ3v) is 3.65. The molecular weight excluding hydrogens is 270 g/mol. The van der Waals surface area contributed by atoms with E-state index in [0.29, 0.717) is 5.02 Å². The third kappa shape index (κ3) is 3.41. The Kier molecular flexibility index (Phi) is 4.84. The van der Waals surface area contributed by atoms with Crippen molar-refractivity contribution in [1.82, 2.24) is 9.78 Å². The monoisotopic (exact) mass is 291 g/mol. The van der Waals surface area contributed by atoms with Crippen LogP contribution in [0.5, 0.6) is 0 Å². The van der Waals surface area contributed by atoms with E-state index in [1.54, 1.807) is 6.20 Å². The molecule has 0 amide bonds. The number of rotatable bonds is 5. The van der Waals surface area contributed by atoms with Crippen molar-refractivity contribution in [3.63, 3.8) is 0 Å². The topological polar surface area (TPSA) is 43.8 Å². The molecule has 0 bridgehead atoms. The lowest BCUT2D eigenvalue weighted by atomic mass is 10.00. The fraction of sp³-hybridized carbons (Fsp3) is 0.438. The number of aryl methyl sites for hydroxylation is 3. The molecule has 1 aromatic carbocycles. The number of nitrogens with zero attached hydrogens (tertiary/aromatic N) is 2. The number of hydrogen-bond donors (Lipinski definition) is 1. The van der Waals surface area contributed by atoms with Crippen LogP contribution in [0.25, 0.3) is 0 Å². The molecule has 20 heavy (non-hydrogen) atoms. The molecule has 2 rings (SSSR count). The molecule has 2 N–H and O–H groups in total. The zero-order valence-corrected chi connectivity index (χ0v) is 13.1. The minimum absolute atomic E-state index is 0.127. The minimum Gasteiger partial charge on any atom is -0.322 e. The van der Waals surface area contributed by atoms with Crippen LogP contribution in [-0.4, -0.2) is 9.78 Å². The Morgan fingerprint density at radius 1 is 1.25 bits per heavy atom. The Hall–Kier alpha value is -1.32. The number of hydrogen-bond acceptors (Lipinski definition) is 2. The fourth-order valence-electron chi connectivity index (χ4n) is 2.67. The second-order valence-corrected chi connectivity index (χ2v) is 5.81. The zero-order valence-electron chi connectivity index (χ0n) is 12.4. The smallest absolute Gasteiger partial charge is 0.0834 e. The van der Waals surface area contributed by atoms with Gasteiger partial charge in [-0.1, -0.05) is 47.9 Å². The third-order valence-electron chi connectivity index (χ3n) is 3.36. The molecule has 0 saturated carbocycles. The van der Waals surface area contributed by atoms with Gasteiger partial charge in [0.1, 0.15) is 0 Å². The van der Waals surface area contributed by atoms with Crippen LogP contribution in [0.2, 0.25) is 5.02 Å². The van der Waals surface area contributed by atoms with Crippen molar-refractivity contribution < 1.29 is 0 Å². The molecule has 1 aromatic heterocycles. The first-order valence-electron chi connectivity index (χ1n) is 7.05. The molecule has 4 heteroatoms. The standard InChI is InChI=1S/C16H22ClN3/c1-4-5-20-16(14(17)10-19-20)15(18)9-13-7-11(2)6-12(3)8-13/h6-8,10,15H,4-5,9,18H2,1-3H3. The van der Waals surface area contributed by atoms with E-state index in [-0.39, 0.29) is 6.04 Å². The van der Waals surface area contributed by atoms with Gasteiger partial charge >= 0.3 is 0 Å². The molecule has 1 atom stereocenters. The molecule has 0 saturated heterocycles. The van der Waals surface area contributed by atoms with Crippen LogP contribution in [0.4, 0.5) is 0 Å². The lowest BCUT2D eigenvalue weighted by Crippen LogP contribution is -2.19. The number of aromatic nitrogens is 2. The molecular formula is C16H22ClN3. The van der Waals surface area contributed by atoms with Crippen molar-refractivity contribution in [3.8, 4) is 0 Å². The summed E-state index contributed by atoms with van der Waals surface area (Å²) < 4.78 is 1.93.